The van der Waals surface area contributed by atoms with Crippen molar-refractivity contribution in [2.75, 3.05) is 0 Å². The molecule has 0 fully saturated rings. The van der Waals surface area contributed by atoms with Crippen LogP contribution in [0, 0.1) is 0 Å². The van der Waals surface area contributed by atoms with Gasteiger partial charge in [0, 0.05) is 14.5 Å². The smallest absolute Gasteiger partial charge is 0.262 e. The minimum Gasteiger partial charge on any atom is -0.490 e. The third kappa shape index (κ3) is 6.45. The van der Waals surface area contributed by atoms with E-state index in [2.05, 4.69) is 47.7 Å². The highest BCUT2D eigenvalue weighted by Crippen LogP contribution is 2.22. The summed E-state index contributed by atoms with van der Waals surface area (Å²) >= 11 is 6.73. The van der Waals surface area contributed by atoms with Gasteiger partial charge in [-0.1, -0.05) is 28.1 Å². The fourth-order valence-corrected chi connectivity index (χ4v) is 3.07. The van der Waals surface area contributed by atoms with E-state index in [1.165, 1.54) is 6.21 Å². The van der Waals surface area contributed by atoms with Crippen molar-refractivity contribution in [3.05, 3.63) is 62.5 Å². The van der Waals surface area contributed by atoms with E-state index in [1.54, 1.807) is 25.1 Å². The van der Waals surface area contributed by atoms with Crippen LogP contribution in [-0.2, 0) is 4.79 Å². The Balaban J connectivity index is 1.99. The number of carbonyl (C=O) groups excluding carboxylic acids is 2. The molecular formula is C20H21Br2N3O3. The van der Waals surface area contributed by atoms with E-state index in [1.807, 2.05) is 38.1 Å². The molecule has 148 valence electrons. The molecule has 28 heavy (non-hydrogen) atoms. The van der Waals surface area contributed by atoms with Crippen LogP contribution in [0.5, 0.6) is 5.75 Å². The Morgan fingerprint density at radius 1 is 1.11 bits per heavy atom. The van der Waals surface area contributed by atoms with Gasteiger partial charge in [0.2, 0.25) is 0 Å². The van der Waals surface area contributed by atoms with E-state index in [9.17, 15) is 9.59 Å². The first-order chi connectivity index (χ1) is 13.3. The Kier molecular flexibility index (Phi) is 8.19. The summed E-state index contributed by atoms with van der Waals surface area (Å²) in [7, 11) is 0. The Bertz CT molecular complexity index is 885. The second-order valence-corrected chi connectivity index (χ2v) is 8.03. The van der Waals surface area contributed by atoms with Gasteiger partial charge in [-0.3, -0.25) is 9.59 Å². The van der Waals surface area contributed by atoms with E-state index < -0.39 is 11.9 Å². The lowest BCUT2D eigenvalue weighted by atomic mass is 10.2. The standard InChI is InChI=1S/C20H21Br2N3O3/c1-12(2)28-18-9-8-15(21)10-14(18)11-23-25-19(26)13(3)24-20(27)16-6-4-5-7-17(16)22/h4-13H,1-3H3,(H,24,27)(H,25,26). The molecule has 0 saturated carbocycles. The van der Waals surface area contributed by atoms with Gasteiger partial charge in [0.05, 0.1) is 17.9 Å². The molecule has 0 bridgehead atoms. The summed E-state index contributed by atoms with van der Waals surface area (Å²) in [5.41, 5.74) is 3.61. The summed E-state index contributed by atoms with van der Waals surface area (Å²) in [6.07, 6.45) is 1.51. The highest BCUT2D eigenvalue weighted by Gasteiger charge is 2.17. The van der Waals surface area contributed by atoms with Crippen LogP contribution in [0.3, 0.4) is 0 Å². The molecule has 1 atom stereocenters. The van der Waals surface area contributed by atoms with Crippen molar-refractivity contribution in [3.63, 3.8) is 0 Å². The molecule has 1 unspecified atom stereocenters. The number of hydrogen-bond acceptors (Lipinski definition) is 4. The van der Waals surface area contributed by atoms with Gasteiger partial charge in [0.1, 0.15) is 11.8 Å². The topological polar surface area (TPSA) is 79.8 Å². The molecule has 2 aromatic carbocycles. The minimum atomic E-state index is -0.759. The number of carbonyl (C=O) groups is 2. The number of halogens is 2. The van der Waals surface area contributed by atoms with Crippen molar-refractivity contribution in [1.82, 2.24) is 10.7 Å². The number of hydrogen-bond donors (Lipinski definition) is 2. The lowest BCUT2D eigenvalue weighted by Gasteiger charge is -2.13. The summed E-state index contributed by atoms with van der Waals surface area (Å²) in [5, 5.41) is 6.63. The number of hydrazone groups is 1. The van der Waals surface area contributed by atoms with E-state index in [0.29, 0.717) is 21.3 Å². The summed E-state index contributed by atoms with van der Waals surface area (Å²) in [5.74, 6) is -0.122. The van der Waals surface area contributed by atoms with Crippen molar-refractivity contribution in [1.29, 1.82) is 0 Å². The Labute approximate surface area is 181 Å². The van der Waals surface area contributed by atoms with Gasteiger partial charge in [0.15, 0.2) is 0 Å². The molecule has 8 heteroatoms. The van der Waals surface area contributed by atoms with Gasteiger partial charge < -0.3 is 10.1 Å². The first-order valence-corrected chi connectivity index (χ1v) is 10.2. The number of nitrogens with zero attached hydrogens (tertiary/aromatic N) is 1. The number of nitrogens with one attached hydrogen (secondary N) is 2. The van der Waals surface area contributed by atoms with Crippen molar-refractivity contribution in [2.24, 2.45) is 5.10 Å². The van der Waals surface area contributed by atoms with Gasteiger partial charge in [-0.2, -0.15) is 5.10 Å². The molecule has 0 aliphatic heterocycles. The molecule has 0 spiro atoms. The second-order valence-electron chi connectivity index (χ2n) is 6.26. The molecule has 2 amide bonds. The fraction of sp³-hybridized carbons (Fsp3) is 0.250. The first-order valence-electron chi connectivity index (χ1n) is 8.62. The Morgan fingerprint density at radius 3 is 2.50 bits per heavy atom. The molecular weight excluding hydrogens is 490 g/mol. The van der Waals surface area contributed by atoms with Crippen LogP contribution >= 0.6 is 31.9 Å². The lowest BCUT2D eigenvalue weighted by molar-refractivity contribution is -0.122. The summed E-state index contributed by atoms with van der Waals surface area (Å²) in [6, 6.07) is 11.8. The maximum absolute atomic E-state index is 12.3. The zero-order chi connectivity index (χ0) is 20.7. The summed E-state index contributed by atoms with van der Waals surface area (Å²) in [4.78, 5) is 24.5. The van der Waals surface area contributed by atoms with Gasteiger partial charge in [0.25, 0.3) is 11.8 Å². The average molecular weight is 511 g/mol. The monoisotopic (exact) mass is 509 g/mol. The van der Waals surface area contributed by atoms with Crippen molar-refractivity contribution < 1.29 is 14.3 Å². The Morgan fingerprint density at radius 2 is 1.82 bits per heavy atom. The number of rotatable bonds is 7. The maximum atomic E-state index is 12.3. The van der Waals surface area contributed by atoms with Crippen molar-refractivity contribution in [3.8, 4) is 5.75 Å². The van der Waals surface area contributed by atoms with Crippen molar-refractivity contribution in [2.45, 2.75) is 32.9 Å². The number of amides is 2. The van der Waals surface area contributed by atoms with Gasteiger partial charge in [-0.05, 0) is 67.0 Å². The van der Waals surface area contributed by atoms with Crippen molar-refractivity contribution >= 4 is 49.9 Å². The van der Waals surface area contributed by atoms with Crippen LogP contribution in [0.2, 0.25) is 0 Å². The summed E-state index contributed by atoms with van der Waals surface area (Å²) < 4.78 is 7.26. The van der Waals surface area contributed by atoms with Crippen LogP contribution < -0.4 is 15.5 Å². The van der Waals surface area contributed by atoms with Crippen LogP contribution in [0.25, 0.3) is 0 Å². The van der Waals surface area contributed by atoms with Crippen LogP contribution in [0.4, 0.5) is 0 Å². The fourth-order valence-electron chi connectivity index (χ4n) is 2.23. The lowest BCUT2D eigenvalue weighted by Crippen LogP contribution is -2.43. The molecule has 0 aliphatic carbocycles. The largest absolute Gasteiger partial charge is 0.490 e. The molecule has 0 radical (unpaired) electrons. The zero-order valence-electron chi connectivity index (χ0n) is 15.7. The normalized spacial score (nSPS) is 12.1. The third-order valence-corrected chi connectivity index (χ3v) is 4.76. The molecule has 0 saturated heterocycles. The molecule has 6 nitrogen and oxygen atoms in total. The quantitative estimate of drug-likeness (QED) is 0.431. The molecule has 2 N–H and O–H groups in total. The van der Waals surface area contributed by atoms with Crippen LogP contribution in [0.15, 0.2) is 56.5 Å². The van der Waals surface area contributed by atoms with E-state index in [0.717, 1.165) is 4.47 Å². The highest BCUT2D eigenvalue weighted by atomic mass is 79.9. The second kappa shape index (κ2) is 10.4. The van der Waals surface area contributed by atoms with Crippen LogP contribution in [-0.4, -0.2) is 30.2 Å². The van der Waals surface area contributed by atoms with Crippen LogP contribution in [0.1, 0.15) is 36.7 Å². The number of benzene rings is 2. The molecule has 2 rings (SSSR count). The molecule has 0 heterocycles. The Hall–Kier alpha value is -2.19. The van der Waals surface area contributed by atoms with E-state index in [-0.39, 0.29) is 12.0 Å². The SMILES string of the molecule is CC(C)Oc1ccc(Br)cc1C=NNC(=O)C(C)NC(=O)c1ccccc1Br. The minimum absolute atomic E-state index is 0.00969. The third-order valence-electron chi connectivity index (χ3n) is 3.57. The predicted molar refractivity (Wildman–Crippen MR) is 117 cm³/mol. The zero-order valence-corrected chi connectivity index (χ0v) is 18.9. The molecule has 2 aromatic rings. The number of ether oxygens (including phenoxy) is 1. The predicted octanol–water partition coefficient (Wildman–Crippen LogP) is 4.27. The van der Waals surface area contributed by atoms with Gasteiger partial charge in [-0.25, -0.2) is 5.43 Å². The summed E-state index contributed by atoms with van der Waals surface area (Å²) in [6.45, 7) is 5.45. The molecule has 0 aromatic heterocycles. The van der Waals surface area contributed by atoms with E-state index >= 15 is 0 Å². The van der Waals surface area contributed by atoms with Gasteiger partial charge in [-0.15, -0.1) is 0 Å². The molecule has 0 aliphatic rings. The average Bonchev–Trinajstić information content (AvgIpc) is 2.63. The first kappa shape index (κ1) is 22.1. The van der Waals surface area contributed by atoms with Gasteiger partial charge >= 0.3 is 0 Å². The highest BCUT2D eigenvalue weighted by molar-refractivity contribution is 9.10. The van der Waals surface area contributed by atoms with E-state index in [4.69, 9.17) is 4.74 Å². The maximum Gasteiger partial charge on any atom is 0.262 e.